The van der Waals surface area contributed by atoms with Crippen LogP contribution in [0.1, 0.15) is 56.1 Å². The minimum atomic E-state index is 0.701. The molecule has 1 heterocycles. The van der Waals surface area contributed by atoms with Gasteiger partial charge in [0.1, 0.15) is 0 Å². The van der Waals surface area contributed by atoms with E-state index in [1.807, 2.05) is 11.3 Å². The summed E-state index contributed by atoms with van der Waals surface area (Å²) < 4.78 is 0. The second kappa shape index (κ2) is 7.83. The highest BCUT2D eigenvalue weighted by Crippen LogP contribution is 2.21. The Kier molecular flexibility index (Phi) is 6.75. The van der Waals surface area contributed by atoms with Crippen molar-refractivity contribution in [2.24, 2.45) is 5.92 Å². The third-order valence-electron chi connectivity index (χ3n) is 2.73. The van der Waals surface area contributed by atoms with Gasteiger partial charge < -0.3 is 5.32 Å². The Morgan fingerprint density at radius 2 is 2.06 bits per heavy atom. The summed E-state index contributed by atoms with van der Waals surface area (Å²) in [7, 11) is 0. The van der Waals surface area contributed by atoms with Gasteiger partial charge in [-0.3, -0.25) is 0 Å². The van der Waals surface area contributed by atoms with Crippen LogP contribution in [0, 0.1) is 5.92 Å². The lowest BCUT2D eigenvalue weighted by atomic mass is 10.1. The number of aromatic nitrogens is 1. The molecule has 0 atom stereocenters. The quantitative estimate of drug-likeness (QED) is 0.714. The van der Waals surface area contributed by atoms with E-state index in [2.05, 4.69) is 33.0 Å². The topological polar surface area (TPSA) is 24.9 Å². The highest BCUT2D eigenvalue weighted by molar-refractivity contribution is 7.11. The van der Waals surface area contributed by atoms with Gasteiger partial charge in [0, 0.05) is 17.8 Å². The fourth-order valence-corrected chi connectivity index (χ4v) is 3.13. The van der Waals surface area contributed by atoms with E-state index in [1.165, 1.54) is 28.4 Å². The molecule has 2 nitrogen and oxygen atoms in total. The third-order valence-corrected chi connectivity index (χ3v) is 3.85. The lowest BCUT2D eigenvalue weighted by Gasteiger charge is -2.02. The zero-order valence-corrected chi connectivity index (χ0v) is 12.5. The lowest BCUT2D eigenvalue weighted by Crippen LogP contribution is -2.14. The fourth-order valence-electron chi connectivity index (χ4n) is 1.79. The first-order chi connectivity index (χ1) is 8.17. The van der Waals surface area contributed by atoms with Crippen molar-refractivity contribution in [3.05, 3.63) is 15.6 Å². The molecule has 0 saturated carbocycles. The van der Waals surface area contributed by atoms with Crippen LogP contribution in [0.3, 0.4) is 0 Å². The SMILES string of the molecule is CCCCNCc1sc(CC(C)C)nc1CC. The van der Waals surface area contributed by atoms with E-state index < -0.39 is 0 Å². The van der Waals surface area contributed by atoms with Crippen molar-refractivity contribution in [3.8, 4) is 0 Å². The number of nitrogens with one attached hydrogen (secondary N) is 1. The van der Waals surface area contributed by atoms with Gasteiger partial charge in [0.25, 0.3) is 0 Å². The molecule has 0 unspecified atom stereocenters. The normalized spacial score (nSPS) is 11.4. The molecule has 0 aliphatic heterocycles. The van der Waals surface area contributed by atoms with Gasteiger partial charge in [-0.25, -0.2) is 4.98 Å². The summed E-state index contributed by atoms with van der Waals surface area (Å²) in [5.74, 6) is 0.701. The minimum Gasteiger partial charge on any atom is -0.312 e. The van der Waals surface area contributed by atoms with Crippen LogP contribution in [0.2, 0.25) is 0 Å². The fraction of sp³-hybridized carbons (Fsp3) is 0.786. The van der Waals surface area contributed by atoms with E-state index in [0.29, 0.717) is 5.92 Å². The highest BCUT2D eigenvalue weighted by atomic mass is 32.1. The van der Waals surface area contributed by atoms with Crippen LogP contribution in [0.15, 0.2) is 0 Å². The third kappa shape index (κ3) is 5.17. The largest absolute Gasteiger partial charge is 0.312 e. The average molecular weight is 254 g/mol. The molecule has 1 aromatic rings. The van der Waals surface area contributed by atoms with Gasteiger partial charge >= 0.3 is 0 Å². The number of thiazole rings is 1. The summed E-state index contributed by atoms with van der Waals surface area (Å²) >= 11 is 1.90. The second-order valence-corrected chi connectivity index (χ2v) is 6.13. The number of aryl methyl sites for hydroxylation is 1. The lowest BCUT2D eigenvalue weighted by molar-refractivity contribution is 0.639. The smallest absolute Gasteiger partial charge is 0.0934 e. The molecule has 98 valence electrons. The van der Waals surface area contributed by atoms with Gasteiger partial charge in [0.05, 0.1) is 10.7 Å². The molecule has 0 aliphatic rings. The van der Waals surface area contributed by atoms with E-state index >= 15 is 0 Å². The number of hydrogen-bond acceptors (Lipinski definition) is 3. The first-order valence-corrected chi connectivity index (χ1v) is 7.67. The van der Waals surface area contributed by atoms with Gasteiger partial charge in [-0.2, -0.15) is 0 Å². The maximum atomic E-state index is 4.75. The molecule has 3 heteroatoms. The summed E-state index contributed by atoms with van der Waals surface area (Å²) in [4.78, 5) is 6.19. The van der Waals surface area contributed by atoms with Crippen LogP contribution in [-0.2, 0) is 19.4 Å². The molecule has 1 rings (SSSR count). The highest BCUT2D eigenvalue weighted by Gasteiger charge is 2.10. The molecular weight excluding hydrogens is 228 g/mol. The first-order valence-electron chi connectivity index (χ1n) is 6.85. The van der Waals surface area contributed by atoms with Crippen molar-refractivity contribution in [2.75, 3.05) is 6.54 Å². The van der Waals surface area contributed by atoms with E-state index in [0.717, 1.165) is 25.9 Å². The summed E-state index contributed by atoms with van der Waals surface area (Å²) in [6.07, 6.45) is 4.69. The number of nitrogens with zero attached hydrogens (tertiary/aromatic N) is 1. The van der Waals surface area contributed by atoms with Crippen LogP contribution in [-0.4, -0.2) is 11.5 Å². The zero-order chi connectivity index (χ0) is 12.7. The van der Waals surface area contributed by atoms with E-state index in [9.17, 15) is 0 Å². The van der Waals surface area contributed by atoms with Crippen LogP contribution >= 0.6 is 11.3 Å². The molecule has 0 aliphatic carbocycles. The predicted molar refractivity (Wildman–Crippen MR) is 76.6 cm³/mol. The Labute approximate surface area is 110 Å². The molecule has 0 radical (unpaired) electrons. The van der Waals surface area contributed by atoms with Crippen LogP contribution < -0.4 is 5.32 Å². The Morgan fingerprint density at radius 3 is 2.65 bits per heavy atom. The summed E-state index contributed by atoms with van der Waals surface area (Å²) in [5, 5.41) is 4.82. The Balaban J connectivity index is 2.53. The zero-order valence-electron chi connectivity index (χ0n) is 11.7. The molecule has 0 amide bonds. The summed E-state index contributed by atoms with van der Waals surface area (Å²) in [5.41, 5.74) is 1.30. The summed E-state index contributed by atoms with van der Waals surface area (Å²) in [6.45, 7) is 11.1. The van der Waals surface area contributed by atoms with Crippen molar-refractivity contribution in [1.29, 1.82) is 0 Å². The number of rotatable bonds is 8. The Hall–Kier alpha value is -0.410. The Morgan fingerprint density at radius 1 is 1.29 bits per heavy atom. The van der Waals surface area contributed by atoms with Crippen LogP contribution in [0.5, 0.6) is 0 Å². The molecule has 0 aromatic carbocycles. The van der Waals surface area contributed by atoms with Crippen molar-refractivity contribution < 1.29 is 0 Å². The number of hydrogen-bond donors (Lipinski definition) is 1. The first kappa shape index (κ1) is 14.7. The Bertz CT molecular complexity index is 318. The molecule has 17 heavy (non-hydrogen) atoms. The van der Waals surface area contributed by atoms with Gasteiger partial charge in [-0.05, 0) is 25.3 Å². The number of unbranched alkanes of at least 4 members (excludes halogenated alkanes) is 1. The van der Waals surface area contributed by atoms with Crippen molar-refractivity contribution in [3.63, 3.8) is 0 Å². The standard InChI is InChI=1S/C14H26N2S/c1-5-7-8-15-10-13-12(6-2)16-14(17-13)9-11(3)4/h11,15H,5-10H2,1-4H3. The monoisotopic (exact) mass is 254 g/mol. The maximum Gasteiger partial charge on any atom is 0.0934 e. The van der Waals surface area contributed by atoms with Crippen molar-refractivity contribution >= 4 is 11.3 Å². The van der Waals surface area contributed by atoms with Crippen molar-refractivity contribution in [2.45, 2.75) is 59.9 Å². The van der Waals surface area contributed by atoms with E-state index in [-0.39, 0.29) is 0 Å². The molecule has 0 fully saturated rings. The molecule has 1 aromatic heterocycles. The molecule has 0 saturated heterocycles. The van der Waals surface area contributed by atoms with E-state index in [4.69, 9.17) is 4.98 Å². The van der Waals surface area contributed by atoms with Crippen LogP contribution in [0.25, 0.3) is 0 Å². The molecular formula is C14H26N2S. The minimum absolute atomic E-state index is 0.701. The molecule has 1 N–H and O–H groups in total. The van der Waals surface area contributed by atoms with Gasteiger partial charge in [0.2, 0.25) is 0 Å². The second-order valence-electron chi connectivity index (χ2n) is 4.96. The molecule has 0 spiro atoms. The van der Waals surface area contributed by atoms with E-state index in [1.54, 1.807) is 0 Å². The van der Waals surface area contributed by atoms with Crippen molar-refractivity contribution in [1.82, 2.24) is 10.3 Å². The average Bonchev–Trinajstić information content (AvgIpc) is 2.66. The van der Waals surface area contributed by atoms with Gasteiger partial charge in [0.15, 0.2) is 0 Å². The molecule has 0 bridgehead atoms. The van der Waals surface area contributed by atoms with Crippen LogP contribution in [0.4, 0.5) is 0 Å². The van der Waals surface area contributed by atoms with Gasteiger partial charge in [-0.1, -0.05) is 34.1 Å². The predicted octanol–water partition coefficient (Wildman–Crippen LogP) is 3.79. The maximum absolute atomic E-state index is 4.75. The summed E-state index contributed by atoms with van der Waals surface area (Å²) in [6, 6.07) is 0. The van der Waals surface area contributed by atoms with Gasteiger partial charge in [-0.15, -0.1) is 11.3 Å².